The number of ether oxygens (including phenoxy) is 1. The summed E-state index contributed by atoms with van der Waals surface area (Å²) < 4.78 is 6.21. The highest BCUT2D eigenvalue weighted by Gasteiger charge is 2.39. The van der Waals surface area contributed by atoms with Crippen LogP contribution in [0.5, 0.6) is 0 Å². The van der Waals surface area contributed by atoms with Gasteiger partial charge in [0.15, 0.2) is 0 Å². The molecule has 0 unspecified atom stereocenters. The topological polar surface area (TPSA) is 189 Å². The normalized spacial score (nSPS) is 19.2. The van der Waals surface area contributed by atoms with Crippen LogP contribution in [0.15, 0.2) is 122 Å². The van der Waals surface area contributed by atoms with E-state index in [1.807, 2.05) is 113 Å². The van der Waals surface area contributed by atoms with Crippen molar-refractivity contribution in [2.75, 3.05) is 13.1 Å². The molecule has 4 aliphatic rings. The zero-order valence-electron chi connectivity index (χ0n) is 40.2. The highest BCUT2D eigenvalue weighted by Crippen LogP contribution is 2.36. The molecule has 4 heterocycles. The Balaban J connectivity index is 0.736. The smallest absolute Gasteiger partial charge is 0.315 e. The third-order valence-electron chi connectivity index (χ3n) is 14.6. The summed E-state index contributed by atoms with van der Waals surface area (Å²) in [5.74, 6) is 1.16. The number of nitrogens with one attached hydrogen (secondary N) is 6. The monoisotopic (exact) mass is 957 g/mol. The van der Waals surface area contributed by atoms with Gasteiger partial charge < -0.3 is 45.8 Å². The fraction of sp³-hybridized carbons (Fsp3) is 0.393. The van der Waals surface area contributed by atoms with Gasteiger partial charge in [-0.2, -0.15) is 0 Å². The minimum absolute atomic E-state index is 0.138. The number of imidazole rings is 2. The van der Waals surface area contributed by atoms with Gasteiger partial charge in [0.05, 0.1) is 49.1 Å². The van der Waals surface area contributed by atoms with Crippen LogP contribution in [0.1, 0.15) is 135 Å². The van der Waals surface area contributed by atoms with E-state index in [9.17, 15) is 19.2 Å². The number of hydrogen-bond donors (Lipinski definition) is 6. The molecular weight excluding hydrogens is 893 g/mol. The molecule has 6 amide bonds. The molecule has 15 nitrogen and oxygen atoms in total. The number of amides is 6. The third kappa shape index (κ3) is 11.4. The number of H-pyrrole nitrogens is 2. The number of aromatic nitrogens is 4. The summed E-state index contributed by atoms with van der Waals surface area (Å²) in [7, 11) is 0. The summed E-state index contributed by atoms with van der Waals surface area (Å²) in [6, 6.07) is 32.9. The van der Waals surface area contributed by atoms with Crippen molar-refractivity contribution < 1.29 is 23.9 Å². The van der Waals surface area contributed by atoms with Crippen LogP contribution in [0.3, 0.4) is 0 Å². The van der Waals surface area contributed by atoms with Crippen LogP contribution in [0, 0.1) is 0 Å². The molecule has 2 saturated carbocycles. The first-order valence-electron chi connectivity index (χ1n) is 25.5. The second-order valence-corrected chi connectivity index (χ2v) is 19.5. The zero-order valence-corrected chi connectivity index (χ0v) is 40.2. The first-order valence-corrected chi connectivity index (χ1v) is 25.5. The number of carbonyl (C=O) groups excluding carboxylic acids is 4. The Morgan fingerprint density at radius 3 is 1.52 bits per heavy atom. The molecule has 15 heteroatoms. The SMILES string of the molecule is O=C(NC1CCCC1)N[C@@H](C(=O)N1CCC[C@H]1c1ncc(-c2ccc(COCc3cccc(-c4cnc([C@@H]5CCCN5C(=O)[C@H](NC(=O)NC5CCCC5)c5ccccc5)[nH]4)c3)cc2)[nH]1)c1ccccc1. The minimum Gasteiger partial charge on any atom is -0.372 e. The molecule has 2 aromatic heterocycles. The highest BCUT2D eigenvalue weighted by molar-refractivity contribution is 5.89. The van der Waals surface area contributed by atoms with Crippen LogP contribution in [-0.2, 0) is 27.5 Å². The van der Waals surface area contributed by atoms with Crippen molar-refractivity contribution >= 4 is 23.9 Å². The Hall–Kier alpha value is -7.26. The molecule has 0 radical (unpaired) electrons. The number of likely N-dealkylation sites (tertiary alicyclic amines) is 2. The summed E-state index contributed by atoms with van der Waals surface area (Å²) in [4.78, 5) is 75.1. The highest BCUT2D eigenvalue weighted by atomic mass is 16.5. The minimum atomic E-state index is -0.813. The van der Waals surface area contributed by atoms with Gasteiger partial charge in [0.2, 0.25) is 11.8 Å². The van der Waals surface area contributed by atoms with E-state index in [0.717, 1.165) is 133 Å². The maximum atomic E-state index is 14.3. The molecule has 368 valence electrons. The second-order valence-electron chi connectivity index (χ2n) is 19.5. The van der Waals surface area contributed by atoms with Crippen molar-refractivity contribution in [3.63, 3.8) is 0 Å². The average molecular weight is 957 g/mol. The van der Waals surface area contributed by atoms with E-state index in [1.165, 1.54) is 0 Å². The van der Waals surface area contributed by atoms with Gasteiger partial charge in [-0.3, -0.25) is 9.59 Å². The van der Waals surface area contributed by atoms with Crippen LogP contribution in [0.4, 0.5) is 9.59 Å². The Kier molecular flexibility index (Phi) is 14.8. The van der Waals surface area contributed by atoms with Crippen LogP contribution in [0.2, 0.25) is 0 Å². The molecule has 2 saturated heterocycles. The lowest BCUT2D eigenvalue weighted by atomic mass is 10.0. The number of urea groups is 2. The molecule has 6 aromatic rings. The van der Waals surface area contributed by atoms with Gasteiger partial charge in [-0.25, -0.2) is 19.6 Å². The molecule has 71 heavy (non-hydrogen) atoms. The van der Waals surface area contributed by atoms with Gasteiger partial charge in [-0.05, 0) is 90.8 Å². The number of benzene rings is 4. The zero-order chi connectivity index (χ0) is 48.5. The lowest BCUT2D eigenvalue weighted by Gasteiger charge is -2.29. The Bertz CT molecular complexity index is 2750. The Labute approximate surface area is 415 Å². The van der Waals surface area contributed by atoms with E-state index in [4.69, 9.17) is 14.7 Å². The molecule has 0 bridgehead atoms. The van der Waals surface area contributed by atoms with E-state index in [1.54, 1.807) is 0 Å². The van der Waals surface area contributed by atoms with Crippen molar-refractivity contribution in [2.45, 2.75) is 127 Å². The molecule has 0 spiro atoms. The second kappa shape index (κ2) is 22.2. The summed E-state index contributed by atoms with van der Waals surface area (Å²) in [5.41, 5.74) is 7.20. The molecule has 4 atom stereocenters. The average Bonchev–Trinajstić information content (AvgIpc) is 4.26. The summed E-state index contributed by atoms with van der Waals surface area (Å²) >= 11 is 0. The van der Waals surface area contributed by atoms with E-state index < -0.39 is 12.1 Å². The summed E-state index contributed by atoms with van der Waals surface area (Å²) in [6.45, 7) is 2.00. The van der Waals surface area contributed by atoms with E-state index in [0.29, 0.717) is 26.3 Å². The van der Waals surface area contributed by atoms with Crippen molar-refractivity contribution in [3.05, 3.63) is 155 Å². The van der Waals surface area contributed by atoms with Gasteiger partial charge in [-0.1, -0.05) is 129 Å². The lowest BCUT2D eigenvalue weighted by Crippen LogP contribution is -2.48. The molecule has 6 N–H and O–H groups in total. The first kappa shape index (κ1) is 47.4. The van der Waals surface area contributed by atoms with Crippen LogP contribution in [-0.4, -0.2) is 78.8 Å². The van der Waals surface area contributed by atoms with E-state index in [2.05, 4.69) is 49.4 Å². The van der Waals surface area contributed by atoms with Gasteiger partial charge in [-0.15, -0.1) is 0 Å². The van der Waals surface area contributed by atoms with Crippen molar-refractivity contribution in [1.29, 1.82) is 0 Å². The van der Waals surface area contributed by atoms with Gasteiger partial charge in [0.1, 0.15) is 23.7 Å². The van der Waals surface area contributed by atoms with Gasteiger partial charge >= 0.3 is 12.1 Å². The maximum Gasteiger partial charge on any atom is 0.315 e. The summed E-state index contributed by atoms with van der Waals surface area (Å²) in [5, 5.41) is 12.2. The largest absolute Gasteiger partial charge is 0.372 e. The van der Waals surface area contributed by atoms with Crippen molar-refractivity contribution in [2.24, 2.45) is 0 Å². The van der Waals surface area contributed by atoms with Crippen LogP contribution < -0.4 is 21.3 Å². The fourth-order valence-corrected chi connectivity index (χ4v) is 10.9. The van der Waals surface area contributed by atoms with E-state index in [-0.39, 0.29) is 48.0 Å². The predicted octanol–water partition coefficient (Wildman–Crippen LogP) is 9.48. The number of nitrogens with zero attached hydrogens (tertiary/aromatic N) is 4. The summed E-state index contributed by atoms with van der Waals surface area (Å²) in [6.07, 6.45) is 15.1. The third-order valence-corrected chi connectivity index (χ3v) is 14.6. The predicted molar refractivity (Wildman–Crippen MR) is 270 cm³/mol. The van der Waals surface area contributed by atoms with Crippen molar-refractivity contribution in [1.82, 2.24) is 51.0 Å². The standard InChI is InChI=1S/C56H64N10O5/c67-53(49(40-15-3-1-4-16-40)63-55(69)59-43-20-7-8-21-43)65-30-12-24-47(65)51-57-33-45(61-51)39-28-26-37(27-29-39)35-71-36-38-14-11-19-42(32-38)46-34-58-52(62-46)48-25-13-31-66(48)54(68)50(41-17-5-2-6-18-41)64-56(70)60-44-22-9-10-23-44/h1-6,11,14-19,26-29,32-34,43-44,47-50H,7-10,12-13,20-25,30-31,35-36H2,(H,57,61)(H,58,62)(H2,59,63,69)(H2,60,64,70)/t47-,48-,49+,50+/m0/s1. The molecular formula is C56H64N10O5. The molecule has 2 aliphatic carbocycles. The Morgan fingerprint density at radius 1 is 0.535 bits per heavy atom. The number of carbonyl (C=O) groups is 4. The van der Waals surface area contributed by atoms with Crippen molar-refractivity contribution in [3.8, 4) is 22.5 Å². The molecule has 4 aromatic carbocycles. The molecule has 4 fully saturated rings. The maximum absolute atomic E-state index is 14.3. The Morgan fingerprint density at radius 2 is 1.01 bits per heavy atom. The molecule has 2 aliphatic heterocycles. The fourth-order valence-electron chi connectivity index (χ4n) is 10.9. The lowest BCUT2D eigenvalue weighted by molar-refractivity contribution is -0.135. The first-order chi connectivity index (χ1) is 34.8. The van der Waals surface area contributed by atoms with Gasteiger partial charge in [0, 0.05) is 25.2 Å². The number of hydrogen-bond acceptors (Lipinski definition) is 7. The molecule has 10 rings (SSSR count). The van der Waals surface area contributed by atoms with Gasteiger partial charge in [0.25, 0.3) is 0 Å². The van der Waals surface area contributed by atoms with E-state index >= 15 is 0 Å². The van der Waals surface area contributed by atoms with Crippen LogP contribution >= 0.6 is 0 Å². The number of aromatic amines is 2. The quantitative estimate of drug-likeness (QED) is 0.0557. The van der Waals surface area contributed by atoms with Crippen LogP contribution in [0.25, 0.3) is 22.5 Å². The number of rotatable bonds is 16.